The summed E-state index contributed by atoms with van der Waals surface area (Å²) in [5.41, 5.74) is 9.68. The molecular formula is C28H17Cl. The lowest BCUT2D eigenvalue weighted by Crippen LogP contribution is -1.84. The molecule has 136 valence electrons. The summed E-state index contributed by atoms with van der Waals surface area (Å²) < 4.78 is 0. The Kier molecular flexibility index (Phi) is 3.62. The molecule has 0 saturated heterocycles. The van der Waals surface area contributed by atoms with Crippen LogP contribution in [0, 0.1) is 0 Å². The van der Waals surface area contributed by atoms with E-state index >= 15 is 0 Å². The zero-order valence-corrected chi connectivity index (χ0v) is 16.4. The van der Waals surface area contributed by atoms with E-state index in [9.17, 15) is 0 Å². The quantitative estimate of drug-likeness (QED) is 0.279. The molecule has 0 spiro atoms. The van der Waals surface area contributed by atoms with Gasteiger partial charge in [-0.1, -0.05) is 103 Å². The molecule has 0 bridgehead atoms. The standard InChI is InChI=1S/C28H17Cl/c29-26-17-22(20-14-12-19(13-15-20)18-6-2-1-3-7-18)16-25-23-10-4-8-21-9-5-11-24(27(21)23)28(25)26/h1-17H. The Hall–Kier alpha value is -3.35. The first kappa shape index (κ1) is 16.6. The number of hydrogen-bond donors (Lipinski definition) is 0. The molecule has 0 fully saturated rings. The third kappa shape index (κ3) is 2.53. The van der Waals surface area contributed by atoms with E-state index in [1.165, 1.54) is 44.2 Å². The minimum atomic E-state index is 0.813. The highest BCUT2D eigenvalue weighted by Gasteiger charge is 2.24. The van der Waals surface area contributed by atoms with E-state index in [0.29, 0.717) is 0 Å². The Balaban J connectivity index is 1.49. The molecule has 0 unspecified atom stereocenters. The lowest BCUT2D eigenvalue weighted by atomic mass is 9.96. The smallest absolute Gasteiger partial charge is 0.0497 e. The van der Waals surface area contributed by atoms with Gasteiger partial charge in [0.2, 0.25) is 0 Å². The second-order valence-electron chi connectivity index (χ2n) is 7.53. The molecule has 1 aliphatic carbocycles. The lowest BCUT2D eigenvalue weighted by Gasteiger charge is -2.10. The van der Waals surface area contributed by atoms with Crippen LogP contribution in [0.4, 0.5) is 0 Å². The van der Waals surface area contributed by atoms with Crippen molar-refractivity contribution < 1.29 is 0 Å². The molecule has 0 amide bonds. The Bertz CT molecular complexity index is 1370. The van der Waals surface area contributed by atoms with Gasteiger partial charge in [-0.15, -0.1) is 0 Å². The van der Waals surface area contributed by atoms with Gasteiger partial charge in [0.05, 0.1) is 0 Å². The van der Waals surface area contributed by atoms with Gasteiger partial charge in [0, 0.05) is 10.6 Å². The van der Waals surface area contributed by atoms with E-state index in [-0.39, 0.29) is 0 Å². The van der Waals surface area contributed by atoms with E-state index in [4.69, 9.17) is 11.6 Å². The van der Waals surface area contributed by atoms with Crippen molar-refractivity contribution in [1.82, 2.24) is 0 Å². The monoisotopic (exact) mass is 388 g/mol. The van der Waals surface area contributed by atoms with Gasteiger partial charge in [-0.05, 0) is 61.8 Å². The molecule has 5 aromatic carbocycles. The van der Waals surface area contributed by atoms with Gasteiger partial charge in [-0.2, -0.15) is 0 Å². The van der Waals surface area contributed by atoms with Crippen molar-refractivity contribution >= 4 is 22.4 Å². The summed E-state index contributed by atoms with van der Waals surface area (Å²) in [7, 11) is 0. The Labute approximate surface area is 175 Å². The zero-order chi connectivity index (χ0) is 19.4. The van der Waals surface area contributed by atoms with Crippen molar-refractivity contribution in [2.24, 2.45) is 0 Å². The third-order valence-corrected chi connectivity index (χ3v) is 6.18. The third-order valence-electron chi connectivity index (χ3n) is 5.88. The molecule has 0 heterocycles. The van der Waals surface area contributed by atoms with Crippen molar-refractivity contribution in [3.05, 3.63) is 108 Å². The van der Waals surface area contributed by atoms with Crippen molar-refractivity contribution in [3.8, 4) is 44.5 Å². The van der Waals surface area contributed by atoms with Crippen LogP contribution in [0.1, 0.15) is 0 Å². The number of fused-ring (bicyclic) bond motifs is 3. The van der Waals surface area contributed by atoms with E-state index in [0.717, 1.165) is 16.1 Å². The molecule has 1 heteroatoms. The maximum Gasteiger partial charge on any atom is 0.0497 e. The highest BCUT2D eigenvalue weighted by atomic mass is 35.5. The van der Waals surface area contributed by atoms with Crippen molar-refractivity contribution in [3.63, 3.8) is 0 Å². The van der Waals surface area contributed by atoms with Crippen LogP contribution in [-0.4, -0.2) is 0 Å². The predicted molar refractivity (Wildman–Crippen MR) is 124 cm³/mol. The SMILES string of the molecule is Clc1cc(-c2ccc(-c3ccccc3)cc2)cc2c1-c1cccc3cccc-2c13. The molecule has 0 aromatic heterocycles. The van der Waals surface area contributed by atoms with Crippen molar-refractivity contribution in [1.29, 1.82) is 0 Å². The van der Waals surface area contributed by atoms with Gasteiger partial charge >= 0.3 is 0 Å². The van der Waals surface area contributed by atoms with E-state index in [1.807, 2.05) is 6.07 Å². The fraction of sp³-hybridized carbons (Fsp3) is 0. The highest BCUT2D eigenvalue weighted by Crippen LogP contribution is 2.51. The Morgan fingerprint density at radius 3 is 1.79 bits per heavy atom. The predicted octanol–water partition coefficient (Wildman–Crippen LogP) is 8.47. The average Bonchev–Trinajstić information content (AvgIpc) is 3.11. The first-order chi connectivity index (χ1) is 14.3. The number of hydrogen-bond acceptors (Lipinski definition) is 0. The molecule has 0 N–H and O–H groups in total. The van der Waals surface area contributed by atoms with Crippen LogP contribution in [0.2, 0.25) is 5.02 Å². The van der Waals surface area contributed by atoms with Gasteiger partial charge in [0.1, 0.15) is 0 Å². The maximum absolute atomic E-state index is 6.83. The Morgan fingerprint density at radius 1 is 0.448 bits per heavy atom. The molecule has 0 saturated carbocycles. The number of rotatable bonds is 2. The van der Waals surface area contributed by atoms with Crippen LogP contribution in [0.25, 0.3) is 55.3 Å². The second-order valence-corrected chi connectivity index (χ2v) is 7.94. The molecule has 0 aliphatic heterocycles. The molecule has 29 heavy (non-hydrogen) atoms. The minimum Gasteiger partial charge on any atom is -0.0836 e. The molecular weight excluding hydrogens is 372 g/mol. The van der Waals surface area contributed by atoms with Crippen LogP contribution < -0.4 is 0 Å². The lowest BCUT2D eigenvalue weighted by molar-refractivity contribution is 1.59. The molecule has 0 radical (unpaired) electrons. The van der Waals surface area contributed by atoms with Gasteiger partial charge < -0.3 is 0 Å². The summed E-state index contributed by atoms with van der Waals surface area (Å²) in [5, 5.41) is 3.39. The largest absolute Gasteiger partial charge is 0.0836 e. The second kappa shape index (κ2) is 6.34. The summed E-state index contributed by atoms with van der Waals surface area (Å²) in [5.74, 6) is 0. The van der Waals surface area contributed by atoms with Gasteiger partial charge in [0.15, 0.2) is 0 Å². The van der Waals surface area contributed by atoms with Crippen LogP contribution in [0.5, 0.6) is 0 Å². The van der Waals surface area contributed by atoms with E-state index in [1.54, 1.807) is 0 Å². The van der Waals surface area contributed by atoms with Crippen LogP contribution in [-0.2, 0) is 0 Å². The highest BCUT2D eigenvalue weighted by molar-refractivity contribution is 6.36. The van der Waals surface area contributed by atoms with Gasteiger partial charge in [-0.25, -0.2) is 0 Å². The number of benzene rings is 5. The minimum absolute atomic E-state index is 0.813. The van der Waals surface area contributed by atoms with E-state index < -0.39 is 0 Å². The number of halogens is 1. The van der Waals surface area contributed by atoms with Gasteiger partial charge in [0.25, 0.3) is 0 Å². The summed E-state index contributed by atoms with van der Waals surface area (Å²) in [4.78, 5) is 0. The maximum atomic E-state index is 6.83. The summed E-state index contributed by atoms with van der Waals surface area (Å²) in [6.07, 6.45) is 0. The zero-order valence-electron chi connectivity index (χ0n) is 15.7. The van der Waals surface area contributed by atoms with Crippen molar-refractivity contribution in [2.75, 3.05) is 0 Å². The van der Waals surface area contributed by atoms with Crippen LogP contribution in [0.15, 0.2) is 103 Å². The molecule has 0 atom stereocenters. The summed E-state index contributed by atoms with van der Waals surface area (Å²) in [6, 6.07) is 36.6. The average molecular weight is 389 g/mol. The first-order valence-corrected chi connectivity index (χ1v) is 10.2. The molecule has 5 aromatic rings. The summed E-state index contributed by atoms with van der Waals surface area (Å²) >= 11 is 6.83. The fourth-order valence-electron chi connectivity index (χ4n) is 4.52. The topological polar surface area (TPSA) is 0 Å². The van der Waals surface area contributed by atoms with Crippen LogP contribution >= 0.6 is 11.6 Å². The molecule has 1 aliphatic rings. The van der Waals surface area contributed by atoms with Crippen LogP contribution in [0.3, 0.4) is 0 Å². The van der Waals surface area contributed by atoms with Gasteiger partial charge in [-0.3, -0.25) is 0 Å². The van der Waals surface area contributed by atoms with Crippen molar-refractivity contribution in [2.45, 2.75) is 0 Å². The van der Waals surface area contributed by atoms with E-state index in [2.05, 4.69) is 97.1 Å². The summed E-state index contributed by atoms with van der Waals surface area (Å²) in [6.45, 7) is 0. The molecule has 0 nitrogen and oxygen atoms in total. The Morgan fingerprint density at radius 2 is 1.07 bits per heavy atom. The molecule has 6 rings (SSSR count). The normalized spacial score (nSPS) is 11.6. The fourth-order valence-corrected chi connectivity index (χ4v) is 4.84. The first-order valence-electron chi connectivity index (χ1n) is 9.81.